The van der Waals surface area contributed by atoms with Gasteiger partial charge in [0, 0.05) is 19.8 Å². The number of amides is 2. The van der Waals surface area contributed by atoms with E-state index in [0.29, 0.717) is 25.9 Å². The number of unbranched alkanes of at least 4 members (excludes halogenated alkanes) is 1. The van der Waals surface area contributed by atoms with Crippen LogP contribution in [0.15, 0.2) is 24.4 Å². The second-order valence-electron chi connectivity index (χ2n) is 5.67. The number of hydrogen-bond acceptors (Lipinski definition) is 3. The van der Waals surface area contributed by atoms with Gasteiger partial charge in [0.1, 0.15) is 5.41 Å². The predicted octanol–water partition coefficient (Wildman–Crippen LogP) is 1.74. The molecule has 0 aliphatic heterocycles. The average Bonchev–Trinajstić information content (AvgIpc) is 3.32. The molecule has 5 nitrogen and oxygen atoms in total. The van der Waals surface area contributed by atoms with Crippen molar-refractivity contribution >= 4 is 11.8 Å². The summed E-state index contributed by atoms with van der Waals surface area (Å²) in [6.07, 6.45) is 5.00. The molecule has 21 heavy (non-hydrogen) atoms. The lowest BCUT2D eigenvalue weighted by Gasteiger charge is -2.22. The Labute approximate surface area is 125 Å². The Balaban J connectivity index is 1.90. The van der Waals surface area contributed by atoms with Crippen molar-refractivity contribution in [2.75, 3.05) is 13.6 Å². The summed E-state index contributed by atoms with van der Waals surface area (Å²) < 4.78 is 0. The number of carbonyl (C=O) groups excluding carboxylic acids is 2. The first-order chi connectivity index (χ1) is 10.1. The van der Waals surface area contributed by atoms with Gasteiger partial charge in [-0.05, 0) is 31.4 Å². The summed E-state index contributed by atoms with van der Waals surface area (Å²) in [4.78, 5) is 30.6. The van der Waals surface area contributed by atoms with Crippen molar-refractivity contribution in [3.63, 3.8) is 0 Å². The quantitative estimate of drug-likeness (QED) is 0.778. The van der Waals surface area contributed by atoms with Crippen LogP contribution in [0.2, 0.25) is 0 Å². The lowest BCUT2D eigenvalue weighted by atomic mass is 10.0. The predicted molar refractivity (Wildman–Crippen MR) is 80.3 cm³/mol. The smallest absolute Gasteiger partial charge is 0.238 e. The minimum Gasteiger partial charge on any atom is -0.350 e. The molecule has 1 N–H and O–H groups in total. The van der Waals surface area contributed by atoms with Crippen molar-refractivity contribution < 1.29 is 9.59 Å². The Kier molecular flexibility index (Phi) is 4.94. The highest BCUT2D eigenvalue weighted by Crippen LogP contribution is 2.47. The Morgan fingerprint density at radius 2 is 2.14 bits per heavy atom. The van der Waals surface area contributed by atoms with E-state index in [0.717, 1.165) is 18.5 Å². The van der Waals surface area contributed by atoms with E-state index in [1.807, 2.05) is 18.2 Å². The van der Waals surface area contributed by atoms with Crippen LogP contribution in [-0.4, -0.2) is 35.3 Å². The topological polar surface area (TPSA) is 62.3 Å². The zero-order valence-electron chi connectivity index (χ0n) is 12.8. The van der Waals surface area contributed by atoms with Crippen molar-refractivity contribution in [3.8, 4) is 0 Å². The lowest BCUT2D eigenvalue weighted by molar-refractivity contribution is -0.143. The van der Waals surface area contributed by atoms with Gasteiger partial charge < -0.3 is 10.2 Å². The fourth-order valence-corrected chi connectivity index (χ4v) is 2.37. The van der Waals surface area contributed by atoms with E-state index in [2.05, 4.69) is 17.2 Å². The van der Waals surface area contributed by atoms with Gasteiger partial charge in [-0.25, -0.2) is 0 Å². The summed E-state index contributed by atoms with van der Waals surface area (Å²) in [7, 11) is 1.78. The van der Waals surface area contributed by atoms with E-state index in [1.165, 1.54) is 0 Å². The molecule has 0 atom stereocenters. The van der Waals surface area contributed by atoms with Crippen LogP contribution in [0, 0.1) is 5.41 Å². The van der Waals surface area contributed by atoms with Gasteiger partial charge in [-0.1, -0.05) is 19.4 Å². The average molecular weight is 289 g/mol. The maximum Gasteiger partial charge on any atom is 0.238 e. The molecule has 0 radical (unpaired) electrons. The maximum absolute atomic E-state index is 12.4. The first kappa shape index (κ1) is 15.5. The summed E-state index contributed by atoms with van der Waals surface area (Å²) in [6, 6.07) is 5.57. The molecule has 0 unspecified atom stereocenters. The van der Waals surface area contributed by atoms with Crippen LogP contribution < -0.4 is 5.32 Å². The van der Waals surface area contributed by atoms with Gasteiger partial charge in [0.15, 0.2) is 0 Å². The largest absolute Gasteiger partial charge is 0.350 e. The molecule has 114 valence electrons. The second kappa shape index (κ2) is 6.70. The molecule has 2 rings (SSSR count). The standard InChI is InChI=1S/C16H23N3O2/c1-3-4-11-19(2)15(21)16(8-9-16)14(20)18-12-13-7-5-6-10-17-13/h5-7,10H,3-4,8-9,11-12H2,1-2H3,(H,18,20). The fourth-order valence-electron chi connectivity index (χ4n) is 2.37. The third kappa shape index (κ3) is 3.60. The van der Waals surface area contributed by atoms with Gasteiger partial charge in [0.2, 0.25) is 11.8 Å². The van der Waals surface area contributed by atoms with Gasteiger partial charge in [0.05, 0.1) is 12.2 Å². The molecule has 1 aromatic heterocycles. The fraction of sp³-hybridized carbons (Fsp3) is 0.562. The van der Waals surface area contributed by atoms with Crippen molar-refractivity contribution in [3.05, 3.63) is 30.1 Å². The number of carbonyl (C=O) groups is 2. The molecule has 5 heteroatoms. The first-order valence-corrected chi connectivity index (χ1v) is 7.54. The molecule has 1 saturated carbocycles. The lowest BCUT2D eigenvalue weighted by Crippen LogP contribution is -2.44. The molecular formula is C16H23N3O2. The van der Waals surface area contributed by atoms with Crippen molar-refractivity contribution in [1.82, 2.24) is 15.2 Å². The van der Waals surface area contributed by atoms with E-state index in [-0.39, 0.29) is 11.8 Å². The number of pyridine rings is 1. The van der Waals surface area contributed by atoms with Crippen LogP contribution in [0.25, 0.3) is 0 Å². The molecule has 0 aromatic carbocycles. The van der Waals surface area contributed by atoms with E-state index < -0.39 is 5.41 Å². The number of rotatable bonds is 7. The van der Waals surface area contributed by atoms with Crippen LogP contribution >= 0.6 is 0 Å². The molecular weight excluding hydrogens is 266 g/mol. The Morgan fingerprint density at radius 3 is 2.71 bits per heavy atom. The highest BCUT2D eigenvalue weighted by Gasteiger charge is 2.57. The normalized spacial score (nSPS) is 15.3. The third-order valence-electron chi connectivity index (χ3n) is 3.94. The van der Waals surface area contributed by atoms with Crippen molar-refractivity contribution in [2.24, 2.45) is 5.41 Å². The zero-order chi connectivity index (χ0) is 15.3. The van der Waals surface area contributed by atoms with Gasteiger partial charge in [-0.2, -0.15) is 0 Å². The minimum atomic E-state index is -0.822. The number of hydrogen-bond donors (Lipinski definition) is 1. The number of aromatic nitrogens is 1. The summed E-state index contributed by atoms with van der Waals surface area (Å²) in [5.74, 6) is -0.212. The van der Waals surface area contributed by atoms with Crippen LogP contribution in [0.5, 0.6) is 0 Å². The van der Waals surface area contributed by atoms with Gasteiger partial charge in [0.25, 0.3) is 0 Å². The third-order valence-corrected chi connectivity index (χ3v) is 3.94. The minimum absolute atomic E-state index is 0.0468. The van der Waals surface area contributed by atoms with Crippen LogP contribution in [0.1, 0.15) is 38.3 Å². The summed E-state index contributed by atoms with van der Waals surface area (Å²) in [6.45, 7) is 3.17. The first-order valence-electron chi connectivity index (χ1n) is 7.54. The molecule has 0 spiro atoms. The molecule has 0 bridgehead atoms. The van der Waals surface area contributed by atoms with Crippen molar-refractivity contribution in [1.29, 1.82) is 0 Å². The van der Waals surface area contributed by atoms with Crippen LogP contribution in [-0.2, 0) is 16.1 Å². The molecule has 2 amide bonds. The Morgan fingerprint density at radius 1 is 1.38 bits per heavy atom. The summed E-state index contributed by atoms with van der Waals surface area (Å²) in [5.41, 5.74) is -0.0227. The van der Waals surface area contributed by atoms with Crippen LogP contribution in [0.3, 0.4) is 0 Å². The SMILES string of the molecule is CCCCN(C)C(=O)C1(C(=O)NCc2ccccn2)CC1. The molecule has 1 aliphatic carbocycles. The van der Waals surface area contributed by atoms with Crippen LogP contribution in [0.4, 0.5) is 0 Å². The number of nitrogens with zero attached hydrogens (tertiary/aromatic N) is 2. The maximum atomic E-state index is 12.4. The number of nitrogens with one attached hydrogen (secondary N) is 1. The Hall–Kier alpha value is -1.91. The molecule has 0 saturated heterocycles. The zero-order valence-corrected chi connectivity index (χ0v) is 12.8. The van der Waals surface area contributed by atoms with E-state index >= 15 is 0 Å². The second-order valence-corrected chi connectivity index (χ2v) is 5.67. The van der Waals surface area contributed by atoms with E-state index in [9.17, 15) is 9.59 Å². The molecule has 1 fully saturated rings. The van der Waals surface area contributed by atoms with Gasteiger partial charge >= 0.3 is 0 Å². The monoisotopic (exact) mass is 289 g/mol. The van der Waals surface area contributed by atoms with Crippen molar-refractivity contribution in [2.45, 2.75) is 39.2 Å². The Bertz CT molecular complexity index is 498. The molecule has 1 aliphatic rings. The summed E-state index contributed by atoms with van der Waals surface area (Å²) >= 11 is 0. The highest BCUT2D eigenvalue weighted by molar-refractivity contribution is 6.07. The summed E-state index contributed by atoms with van der Waals surface area (Å²) in [5, 5.41) is 2.84. The highest BCUT2D eigenvalue weighted by atomic mass is 16.2. The molecule has 1 heterocycles. The van der Waals surface area contributed by atoms with Gasteiger partial charge in [-0.15, -0.1) is 0 Å². The van der Waals surface area contributed by atoms with E-state index in [1.54, 1.807) is 18.1 Å². The van der Waals surface area contributed by atoms with Gasteiger partial charge in [-0.3, -0.25) is 14.6 Å². The molecule has 1 aromatic rings. The van der Waals surface area contributed by atoms with E-state index in [4.69, 9.17) is 0 Å².